The molecule has 0 aliphatic rings. The SMILES string of the molecule is CCCCCCCCCCCCCCCCCCC[n+]1cc[nH]c1C(CCCCCCCCCCCCC)C(C)(Cc1ccccc1)c1ccccc1. The molecule has 2 nitrogen and oxygen atoms in total. The van der Waals surface area contributed by atoms with Gasteiger partial charge >= 0.3 is 0 Å². The molecule has 0 saturated heterocycles. The Labute approximate surface area is 329 Å². The largest absolute Gasteiger partial charge is 0.258 e. The maximum atomic E-state index is 3.83. The van der Waals surface area contributed by atoms with Crippen LogP contribution in [0.4, 0.5) is 0 Å². The van der Waals surface area contributed by atoms with Crippen LogP contribution in [-0.4, -0.2) is 4.98 Å². The molecule has 1 heterocycles. The van der Waals surface area contributed by atoms with Crippen LogP contribution in [0.15, 0.2) is 73.1 Å². The van der Waals surface area contributed by atoms with E-state index in [-0.39, 0.29) is 5.41 Å². The zero-order valence-corrected chi connectivity index (χ0v) is 35.4. The number of aromatic nitrogens is 2. The van der Waals surface area contributed by atoms with Crippen molar-refractivity contribution in [3.8, 4) is 0 Å². The number of rotatable bonds is 35. The Morgan fingerprint density at radius 1 is 0.491 bits per heavy atom. The standard InChI is InChI=1S/C51H84N2/c1-4-6-8-10-12-14-16-17-18-19-20-21-23-25-27-29-37-44-53-45-43-52-50(53)49(42-36-28-26-24-22-15-13-11-9-7-5-2)51(3,48-40-34-31-35-41-48)46-47-38-32-30-33-39-47/h30-35,38-41,43,45,49H,4-29,36-37,42,44,46H2,1-3H3/p+1. The predicted molar refractivity (Wildman–Crippen MR) is 233 cm³/mol. The van der Waals surface area contributed by atoms with E-state index in [1.807, 2.05) is 0 Å². The topological polar surface area (TPSA) is 19.7 Å². The van der Waals surface area contributed by atoms with Crippen molar-refractivity contribution in [2.75, 3.05) is 0 Å². The van der Waals surface area contributed by atoms with Crippen molar-refractivity contribution in [1.29, 1.82) is 0 Å². The molecule has 0 spiro atoms. The van der Waals surface area contributed by atoms with E-state index >= 15 is 0 Å². The van der Waals surface area contributed by atoms with E-state index in [1.54, 1.807) is 0 Å². The van der Waals surface area contributed by atoms with Gasteiger partial charge in [0.1, 0.15) is 12.4 Å². The summed E-state index contributed by atoms with van der Waals surface area (Å²) in [6.07, 6.45) is 46.4. The lowest BCUT2D eigenvalue weighted by atomic mass is 9.66. The summed E-state index contributed by atoms with van der Waals surface area (Å²) in [6, 6.07) is 22.7. The molecule has 0 fully saturated rings. The van der Waals surface area contributed by atoms with E-state index in [9.17, 15) is 0 Å². The summed E-state index contributed by atoms with van der Waals surface area (Å²) in [6.45, 7) is 8.30. The molecule has 0 bridgehead atoms. The number of nitrogens with one attached hydrogen (secondary N) is 1. The average molecular weight is 726 g/mol. The van der Waals surface area contributed by atoms with Crippen LogP contribution in [0.25, 0.3) is 0 Å². The molecule has 0 radical (unpaired) electrons. The van der Waals surface area contributed by atoms with Crippen molar-refractivity contribution in [1.82, 2.24) is 4.98 Å². The number of unbranched alkanes of at least 4 members (excludes halogenated alkanes) is 26. The summed E-state index contributed by atoms with van der Waals surface area (Å²) in [5.41, 5.74) is 2.91. The average Bonchev–Trinajstić information content (AvgIpc) is 3.65. The number of benzene rings is 2. The number of aryl methyl sites for hydroxylation is 1. The molecule has 1 aromatic heterocycles. The van der Waals surface area contributed by atoms with Gasteiger partial charge in [-0.25, -0.2) is 9.55 Å². The van der Waals surface area contributed by atoms with Crippen LogP contribution < -0.4 is 4.57 Å². The second-order valence-corrected chi connectivity index (χ2v) is 17.0. The van der Waals surface area contributed by atoms with Crippen molar-refractivity contribution in [2.24, 2.45) is 0 Å². The van der Waals surface area contributed by atoms with E-state index in [0.717, 1.165) is 13.0 Å². The first-order chi connectivity index (χ1) is 26.2. The number of imidazole rings is 1. The number of nitrogens with zero attached hydrogens (tertiary/aromatic N) is 1. The van der Waals surface area contributed by atoms with Crippen LogP contribution in [0.3, 0.4) is 0 Å². The fraction of sp³-hybridized carbons (Fsp3) is 0.706. The maximum Gasteiger partial charge on any atom is 0.258 e. The molecular weight excluding hydrogens is 641 g/mol. The molecule has 1 N–H and O–H groups in total. The van der Waals surface area contributed by atoms with E-state index in [0.29, 0.717) is 5.92 Å². The van der Waals surface area contributed by atoms with E-state index in [2.05, 4.69) is 103 Å². The van der Waals surface area contributed by atoms with E-state index in [4.69, 9.17) is 0 Å². The van der Waals surface area contributed by atoms with Gasteiger partial charge in [-0.15, -0.1) is 0 Å². The van der Waals surface area contributed by atoms with E-state index in [1.165, 1.54) is 203 Å². The zero-order chi connectivity index (χ0) is 37.5. The van der Waals surface area contributed by atoms with Gasteiger partial charge in [-0.3, -0.25) is 0 Å². The quantitative estimate of drug-likeness (QED) is 0.0460. The first kappa shape index (κ1) is 45.0. The Kier molecular flexibility index (Phi) is 25.4. The van der Waals surface area contributed by atoms with Crippen LogP contribution in [0.2, 0.25) is 0 Å². The van der Waals surface area contributed by atoms with Crippen LogP contribution in [-0.2, 0) is 18.4 Å². The summed E-state index contributed by atoms with van der Waals surface area (Å²) in [4.78, 5) is 3.83. The van der Waals surface area contributed by atoms with Crippen LogP contribution in [0, 0.1) is 0 Å². The highest BCUT2D eigenvalue weighted by atomic mass is 15.1. The Balaban J connectivity index is 1.48. The van der Waals surface area contributed by atoms with Gasteiger partial charge < -0.3 is 0 Å². The number of aromatic amines is 1. The van der Waals surface area contributed by atoms with Crippen molar-refractivity contribution in [3.63, 3.8) is 0 Å². The van der Waals surface area contributed by atoms with Crippen LogP contribution in [0.1, 0.15) is 230 Å². The number of hydrogen-bond acceptors (Lipinski definition) is 0. The fourth-order valence-electron chi connectivity index (χ4n) is 8.91. The minimum atomic E-state index is 0.00194. The molecule has 2 unspecified atom stereocenters. The highest BCUT2D eigenvalue weighted by Gasteiger charge is 2.42. The van der Waals surface area contributed by atoms with Gasteiger partial charge in [-0.1, -0.05) is 248 Å². The molecule has 53 heavy (non-hydrogen) atoms. The molecule has 298 valence electrons. The Hall–Kier alpha value is -2.35. The van der Waals surface area contributed by atoms with Gasteiger partial charge in [-0.2, -0.15) is 0 Å². The first-order valence-electron chi connectivity index (χ1n) is 23.3. The summed E-state index contributed by atoms with van der Waals surface area (Å²) in [7, 11) is 0. The normalized spacial score (nSPS) is 13.3. The van der Waals surface area contributed by atoms with Gasteiger partial charge in [0, 0.05) is 5.41 Å². The first-order valence-corrected chi connectivity index (χ1v) is 23.3. The molecule has 2 aromatic carbocycles. The molecule has 2 atom stereocenters. The van der Waals surface area contributed by atoms with Gasteiger partial charge in [-0.05, 0) is 36.8 Å². The van der Waals surface area contributed by atoms with E-state index < -0.39 is 0 Å². The lowest BCUT2D eigenvalue weighted by molar-refractivity contribution is -0.705. The second kappa shape index (κ2) is 29.9. The van der Waals surface area contributed by atoms with Crippen molar-refractivity contribution < 1.29 is 4.57 Å². The summed E-state index contributed by atoms with van der Waals surface area (Å²) < 4.78 is 2.60. The molecule has 0 saturated carbocycles. The molecule has 2 heteroatoms. The monoisotopic (exact) mass is 726 g/mol. The molecular formula is C51H85N2+. The van der Waals surface area contributed by atoms with Gasteiger partial charge in [0.15, 0.2) is 0 Å². The fourth-order valence-corrected chi connectivity index (χ4v) is 8.91. The Morgan fingerprint density at radius 3 is 1.34 bits per heavy atom. The third kappa shape index (κ3) is 19.2. The summed E-state index contributed by atoms with van der Waals surface area (Å²) >= 11 is 0. The Morgan fingerprint density at radius 2 is 0.887 bits per heavy atom. The molecule has 0 aliphatic heterocycles. The minimum absolute atomic E-state index is 0.00194. The maximum absolute atomic E-state index is 3.83. The van der Waals surface area contributed by atoms with Crippen LogP contribution >= 0.6 is 0 Å². The lowest BCUT2D eigenvalue weighted by Crippen LogP contribution is -2.43. The Bertz CT molecular complexity index is 1220. The minimum Gasteiger partial charge on any atom is -0.247 e. The number of hydrogen-bond donors (Lipinski definition) is 1. The number of H-pyrrole nitrogens is 1. The van der Waals surface area contributed by atoms with Crippen molar-refractivity contribution in [2.45, 2.75) is 231 Å². The van der Waals surface area contributed by atoms with Crippen LogP contribution in [0.5, 0.6) is 0 Å². The molecule has 0 amide bonds. The van der Waals surface area contributed by atoms with Gasteiger partial charge in [0.05, 0.1) is 12.5 Å². The summed E-state index contributed by atoms with van der Waals surface area (Å²) in [5.74, 6) is 1.88. The highest BCUT2D eigenvalue weighted by Crippen LogP contribution is 2.43. The highest BCUT2D eigenvalue weighted by molar-refractivity contribution is 5.32. The van der Waals surface area contributed by atoms with Crippen molar-refractivity contribution >= 4 is 0 Å². The second-order valence-electron chi connectivity index (χ2n) is 17.0. The lowest BCUT2D eigenvalue weighted by Gasteiger charge is -2.37. The predicted octanol–water partition coefficient (Wildman–Crippen LogP) is 15.9. The van der Waals surface area contributed by atoms with Crippen molar-refractivity contribution in [3.05, 3.63) is 90.0 Å². The summed E-state index contributed by atoms with van der Waals surface area (Å²) in [5, 5.41) is 0. The molecule has 3 rings (SSSR count). The van der Waals surface area contributed by atoms with Gasteiger partial charge in [0.25, 0.3) is 5.82 Å². The molecule has 0 aliphatic carbocycles. The zero-order valence-electron chi connectivity index (χ0n) is 35.4. The van der Waals surface area contributed by atoms with Gasteiger partial charge in [0.2, 0.25) is 0 Å². The third-order valence-corrected chi connectivity index (χ3v) is 12.3. The third-order valence-electron chi connectivity index (χ3n) is 12.3. The smallest absolute Gasteiger partial charge is 0.247 e. The molecule has 3 aromatic rings.